The average molecular weight is 183 g/mol. The second-order valence-electron chi connectivity index (χ2n) is 2.73. The van der Waals surface area contributed by atoms with Crippen molar-refractivity contribution in [3.05, 3.63) is 48.0 Å². The van der Waals surface area contributed by atoms with Crippen LogP contribution in [0.1, 0.15) is 23.6 Å². The maximum atomic E-state index is 12.2. The van der Waals surface area contributed by atoms with Crippen molar-refractivity contribution in [1.82, 2.24) is 0 Å². The molecule has 1 aromatic rings. The van der Waals surface area contributed by atoms with Crippen LogP contribution >= 0.6 is 0 Å². The van der Waals surface area contributed by atoms with Gasteiger partial charge in [0.05, 0.1) is 0 Å². The number of rotatable bonds is 3. The lowest BCUT2D eigenvalue weighted by atomic mass is 10.1. The van der Waals surface area contributed by atoms with Gasteiger partial charge >= 0.3 is 0 Å². The first-order chi connectivity index (χ1) is 6.15. The summed E-state index contributed by atoms with van der Waals surface area (Å²) in [6.45, 7) is 3.50. The Balaban J connectivity index is 2.97. The average Bonchev–Trinajstić information content (AvgIpc) is 2.17. The summed E-state index contributed by atoms with van der Waals surface area (Å²) in [5.41, 5.74) is 6.26. The van der Waals surface area contributed by atoms with Crippen LogP contribution in [0.5, 0.6) is 0 Å². The van der Waals surface area contributed by atoms with Crippen LogP contribution in [-0.2, 0) is 0 Å². The zero-order valence-corrected chi connectivity index (χ0v) is 7.08. The predicted molar refractivity (Wildman–Crippen MR) is 48.5 cm³/mol. The fourth-order valence-corrected chi connectivity index (χ4v) is 1.04. The van der Waals surface area contributed by atoms with E-state index >= 15 is 0 Å². The molecule has 1 unspecified atom stereocenters. The number of alkyl halides is 2. The summed E-state index contributed by atoms with van der Waals surface area (Å²) in [5.74, 6) is 0. The topological polar surface area (TPSA) is 26.0 Å². The minimum Gasteiger partial charge on any atom is -0.321 e. The van der Waals surface area contributed by atoms with E-state index in [-0.39, 0.29) is 11.6 Å². The Bertz CT molecular complexity index is 297. The molecule has 13 heavy (non-hydrogen) atoms. The van der Waals surface area contributed by atoms with Crippen molar-refractivity contribution in [2.24, 2.45) is 5.73 Å². The van der Waals surface area contributed by atoms with E-state index in [1.807, 2.05) is 0 Å². The van der Waals surface area contributed by atoms with Gasteiger partial charge in [0.15, 0.2) is 0 Å². The zero-order chi connectivity index (χ0) is 9.84. The largest absolute Gasteiger partial charge is 0.321 e. The lowest BCUT2D eigenvalue weighted by molar-refractivity contribution is 0.151. The maximum Gasteiger partial charge on any atom is 0.263 e. The normalized spacial score (nSPS) is 12.9. The second-order valence-corrected chi connectivity index (χ2v) is 2.73. The van der Waals surface area contributed by atoms with Crippen LogP contribution in [0.25, 0.3) is 0 Å². The third kappa shape index (κ3) is 2.36. The molecule has 1 atom stereocenters. The van der Waals surface area contributed by atoms with Crippen molar-refractivity contribution in [1.29, 1.82) is 0 Å². The Labute approximate surface area is 75.9 Å². The second kappa shape index (κ2) is 4.14. The highest BCUT2D eigenvalue weighted by molar-refractivity contribution is 5.28. The molecule has 0 aliphatic heterocycles. The minimum atomic E-state index is -2.45. The van der Waals surface area contributed by atoms with Gasteiger partial charge < -0.3 is 5.73 Å². The zero-order valence-electron chi connectivity index (χ0n) is 7.08. The van der Waals surface area contributed by atoms with Crippen molar-refractivity contribution in [2.45, 2.75) is 12.5 Å². The van der Waals surface area contributed by atoms with Crippen molar-refractivity contribution < 1.29 is 8.78 Å². The molecule has 0 aliphatic carbocycles. The van der Waals surface area contributed by atoms with Gasteiger partial charge in [-0.3, -0.25) is 0 Å². The van der Waals surface area contributed by atoms with Gasteiger partial charge in [-0.15, -0.1) is 6.58 Å². The highest BCUT2D eigenvalue weighted by Crippen LogP contribution is 2.21. The molecule has 0 fully saturated rings. The van der Waals surface area contributed by atoms with E-state index in [1.165, 1.54) is 18.2 Å². The molecule has 0 radical (unpaired) electrons. The highest BCUT2D eigenvalue weighted by atomic mass is 19.3. The molecule has 0 heterocycles. The molecular formula is C10H11F2N. The van der Waals surface area contributed by atoms with Crippen LogP contribution in [0.2, 0.25) is 0 Å². The van der Waals surface area contributed by atoms with Crippen LogP contribution < -0.4 is 5.73 Å². The van der Waals surface area contributed by atoms with Crippen molar-refractivity contribution in [2.75, 3.05) is 0 Å². The standard InChI is InChI=1S/C10H11F2N/c1-2-9(13)7-4-3-5-8(6-7)10(11)12/h2-6,9-10H,1,13H2. The first-order valence-corrected chi connectivity index (χ1v) is 3.91. The van der Waals surface area contributed by atoms with E-state index in [4.69, 9.17) is 5.73 Å². The molecule has 3 heteroatoms. The Hall–Kier alpha value is -1.22. The van der Waals surface area contributed by atoms with Gasteiger partial charge in [0, 0.05) is 11.6 Å². The summed E-state index contributed by atoms with van der Waals surface area (Å²) in [6.07, 6.45) is -0.929. The lowest BCUT2D eigenvalue weighted by Crippen LogP contribution is -2.06. The summed E-state index contributed by atoms with van der Waals surface area (Å²) < 4.78 is 24.5. The number of hydrogen-bond acceptors (Lipinski definition) is 1. The molecule has 1 nitrogen and oxygen atoms in total. The van der Waals surface area contributed by atoms with Crippen LogP contribution in [0.3, 0.4) is 0 Å². The van der Waals surface area contributed by atoms with Crippen LogP contribution in [0, 0.1) is 0 Å². The summed E-state index contributed by atoms with van der Waals surface area (Å²) in [4.78, 5) is 0. The van der Waals surface area contributed by atoms with Crippen molar-refractivity contribution in [3.8, 4) is 0 Å². The summed E-state index contributed by atoms with van der Waals surface area (Å²) >= 11 is 0. The Morgan fingerprint density at radius 1 is 1.31 bits per heavy atom. The molecule has 1 aromatic carbocycles. The molecule has 0 spiro atoms. The first kappa shape index (κ1) is 9.86. The Kier molecular flexibility index (Phi) is 3.14. The Morgan fingerprint density at radius 3 is 2.46 bits per heavy atom. The predicted octanol–water partition coefficient (Wildman–Crippen LogP) is 2.81. The van der Waals surface area contributed by atoms with Gasteiger partial charge in [-0.2, -0.15) is 0 Å². The molecule has 1 rings (SSSR count). The summed E-state index contributed by atoms with van der Waals surface area (Å²) in [5, 5.41) is 0. The van der Waals surface area contributed by atoms with E-state index in [0.29, 0.717) is 5.56 Å². The number of halogens is 2. The third-order valence-electron chi connectivity index (χ3n) is 1.80. The molecule has 0 aromatic heterocycles. The quantitative estimate of drug-likeness (QED) is 0.716. The van der Waals surface area contributed by atoms with Crippen molar-refractivity contribution in [3.63, 3.8) is 0 Å². The molecule has 70 valence electrons. The number of hydrogen-bond donors (Lipinski definition) is 1. The molecule has 0 aliphatic rings. The third-order valence-corrected chi connectivity index (χ3v) is 1.80. The summed E-state index contributed by atoms with van der Waals surface area (Å²) in [6, 6.07) is 5.68. The van der Waals surface area contributed by atoms with E-state index in [0.717, 1.165) is 0 Å². The van der Waals surface area contributed by atoms with Gasteiger partial charge in [0.2, 0.25) is 0 Å². The molecule has 0 saturated carbocycles. The molecule has 0 saturated heterocycles. The number of benzene rings is 1. The maximum absolute atomic E-state index is 12.2. The van der Waals surface area contributed by atoms with Gasteiger partial charge in [-0.25, -0.2) is 8.78 Å². The summed E-state index contributed by atoms with van der Waals surface area (Å²) in [7, 11) is 0. The van der Waals surface area contributed by atoms with Crippen LogP contribution in [-0.4, -0.2) is 0 Å². The lowest BCUT2D eigenvalue weighted by Gasteiger charge is -2.08. The van der Waals surface area contributed by atoms with Gasteiger partial charge in [-0.1, -0.05) is 24.3 Å². The molecular weight excluding hydrogens is 172 g/mol. The fraction of sp³-hybridized carbons (Fsp3) is 0.200. The van der Waals surface area contributed by atoms with Gasteiger partial charge in [0.25, 0.3) is 6.43 Å². The first-order valence-electron chi connectivity index (χ1n) is 3.91. The SMILES string of the molecule is C=CC(N)c1cccc(C(F)F)c1. The number of nitrogens with two attached hydrogens (primary N) is 1. The van der Waals surface area contributed by atoms with E-state index in [2.05, 4.69) is 6.58 Å². The molecule has 0 amide bonds. The highest BCUT2D eigenvalue weighted by Gasteiger charge is 2.08. The van der Waals surface area contributed by atoms with Gasteiger partial charge in [0.1, 0.15) is 0 Å². The van der Waals surface area contributed by atoms with E-state index in [1.54, 1.807) is 12.1 Å². The fourth-order valence-electron chi connectivity index (χ4n) is 1.04. The van der Waals surface area contributed by atoms with E-state index < -0.39 is 6.43 Å². The smallest absolute Gasteiger partial charge is 0.263 e. The van der Waals surface area contributed by atoms with E-state index in [9.17, 15) is 8.78 Å². The Morgan fingerprint density at radius 2 is 1.92 bits per heavy atom. The molecule has 2 N–H and O–H groups in total. The van der Waals surface area contributed by atoms with Gasteiger partial charge in [-0.05, 0) is 11.6 Å². The van der Waals surface area contributed by atoms with Crippen molar-refractivity contribution >= 4 is 0 Å². The van der Waals surface area contributed by atoms with Crippen LogP contribution in [0.4, 0.5) is 8.78 Å². The molecule has 0 bridgehead atoms. The minimum absolute atomic E-state index is 0.00481. The van der Waals surface area contributed by atoms with Crippen LogP contribution in [0.15, 0.2) is 36.9 Å². The monoisotopic (exact) mass is 183 g/mol.